The van der Waals surface area contributed by atoms with Gasteiger partial charge in [-0.25, -0.2) is 9.50 Å². The molecule has 0 aliphatic carbocycles. The van der Waals surface area contributed by atoms with Crippen LogP contribution in [0.2, 0.25) is 5.02 Å². The summed E-state index contributed by atoms with van der Waals surface area (Å²) in [6.45, 7) is 5.76. The van der Waals surface area contributed by atoms with Gasteiger partial charge < -0.3 is 9.80 Å². The van der Waals surface area contributed by atoms with Gasteiger partial charge in [0.25, 0.3) is 5.69 Å². The molecule has 3 heterocycles. The normalized spacial score (nSPS) is 13.9. The standard InChI is InChI=1S/C22H22ClN7O3/c1-14-18(15(2)29-22(26-14)16(12-24)13-25-29)4-6-21(31)28-9-7-27(8-10-28)19-5-3-17(23)11-20(19)30(32)33/h3,5,11,13H,4,6-10H2,1-2H3. The first kappa shape index (κ1) is 22.5. The van der Waals surface area contributed by atoms with Crippen LogP contribution in [0.1, 0.15) is 28.9 Å². The number of nitro benzene ring substituents is 1. The molecule has 0 saturated carbocycles. The molecule has 0 radical (unpaired) electrons. The van der Waals surface area contributed by atoms with Crippen molar-refractivity contribution in [1.29, 1.82) is 5.26 Å². The van der Waals surface area contributed by atoms with E-state index in [-0.39, 0.29) is 11.6 Å². The van der Waals surface area contributed by atoms with Gasteiger partial charge in [0.05, 0.1) is 11.1 Å². The van der Waals surface area contributed by atoms with Gasteiger partial charge in [0.2, 0.25) is 5.91 Å². The number of amides is 1. The van der Waals surface area contributed by atoms with Crippen LogP contribution < -0.4 is 4.90 Å². The molecule has 0 N–H and O–H groups in total. The van der Waals surface area contributed by atoms with Crippen molar-refractivity contribution < 1.29 is 9.72 Å². The first-order valence-corrected chi connectivity index (χ1v) is 10.9. The van der Waals surface area contributed by atoms with Gasteiger partial charge in [-0.1, -0.05) is 11.6 Å². The molecule has 1 aliphatic heterocycles. The highest BCUT2D eigenvalue weighted by Crippen LogP contribution is 2.31. The van der Waals surface area contributed by atoms with Gasteiger partial charge in [-0.15, -0.1) is 0 Å². The number of aryl methyl sites for hydroxylation is 2. The predicted molar refractivity (Wildman–Crippen MR) is 122 cm³/mol. The molecular weight excluding hydrogens is 446 g/mol. The smallest absolute Gasteiger partial charge is 0.294 e. The van der Waals surface area contributed by atoms with Crippen LogP contribution in [0, 0.1) is 35.3 Å². The van der Waals surface area contributed by atoms with Crippen LogP contribution in [-0.4, -0.2) is 56.5 Å². The number of hydrogen-bond acceptors (Lipinski definition) is 7. The summed E-state index contributed by atoms with van der Waals surface area (Å²) in [5.74, 6) is 0.0253. The van der Waals surface area contributed by atoms with E-state index in [0.717, 1.165) is 17.0 Å². The van der Waals surface area contributed by atoms with Crippen molar-refractivity contribution >= 4 is 34.5 Å². The highest BCUT2D eigenvalue weighted by Gasteiger charge is 2.26. The van der Waals surface area contributed by atoms with Crippen LogP contribution in [0.3, 0.4) is 0 Å². The minimum absolute atomic E-state index is 0.0253. The summed E-state index contributed by atoms with van der Waals surface area (Å²) in [7, 11) is 0. The third-order valence-corrected chi connectivity index (χ3v) is 6.26. The highest BCUT2D eigenvalue weighted by molar-refractivity contribution is 6.30. The molecular formula is C22H22ClN7O3. The number of piperazine rings is 1. The predicted octanol–water partition coefficient (Wildman–Crippen LogP) is 3.06. The van der Waals surface area contributed by atoms with Crippen molar-refractivity contribution in [3.8, 4) is 6.07 Å². The number of aromatic nitrogens is 3. The molecule has 2 aromatic heterocycles. The summed E-state index contributed by atoms with van der Waals surface area (Å²) in [5.41, 5.74) is 4.01. The Bertz CT molecular complexity index is 1290. The highest BCUT2D eigenvalue weighted by atomic mass is 35.5. The first-order valence-electron chi connectivity index (χ1n) is 10.5. The lowest BCUT2D eigenvalue weighted by Gasteiger charge is -2.36. The minimum atomic E-state index is -0.437. The largest absolute Gasteiger partial charge is 0.362 e. The van der Waals surface area contributed by atoms with E-state index < -0.39 is 4.92 Å². The van der Waals surface area contributed by atoms with E-state index in [1.807, 2.05) is 18.7 Å². The minimum Gasteiger partial charge on any atom is -0.362 e. The molecule has 1 amide bonds. The van der Waals surface area contributed by atoms with E-state index in [4.69, 9.17) is 11.6 Å². The van der Waals surface area contributed by atoms with Crippen LogP contribution in [0.25, 0.3) is 5.65 Å². The molecule has 11 heteroatoms. The summed E-state index contributed by atoms with van der Waals surface area (Å²) in [6.07, 6.45) is 2.33. The van der Waals surface area contributed by atoms with E-state index in [1.54, 1.807) is 21.5 Å². The van der Waals surface area contributed by atoms with Crippen molar-refractivity contribution in [3.63, 3.8) is 0 Å². The fourth-order valence-electron chi connectivity index (χ4n) is 4.25. The molecule has 1 aromatic carbocycles. The number of anilines is 1. The number of carbonyl (C=O) groups is 1. The molecule has 10 nitrogen and oxygen atoms in total. The van der Waals surface area contributed by atoms with E-state index in [2.05, 4.69) is 16.2 Å². The molecule has 170 valence electrons. The number of rotatable bonds is 5. The average molecular weight is 468 g/mol. The van der Waals surface area contributed by atoms with Crippen molar-refractivity contribution in [2.75, 3.05) is 31.1 Å². The zero-order valence-electron chi connectivity index (χ0n) is 18.3. The molecule has 1 saturated heterocycles. The Morgan fingerprint density at radius 1 is 1.27 bits per heavy atom. The lowest BCUT2D eigenvalue weighted by Crippen LogP contribution is -2.49. The van der Waals surface area contributed by atoms with Crippen LogP contribution in [0.15, 0.2) is 24.4 Å². The SMILES string of the molecule is Cc1nc2c(C#N)cnn2c(C)c1CCC(=O)N1CCN(c2ccc(Cl)cc2[N+](=O)[O-])CC1. The number of benzene rings is 1. The maximum absolute atomic E-state index is 12.9. The van der Waals surface area contributed by atoms with Crippen molar-refractivity contribution in [1.82, 2.24) is 19.5 Å². The van der Waals surface area contributed by atoms with Crippen LogP contribution in [0.5, 0.6) is 0 Å². The summed E-state index contributed by atoms with van der Waals surface area (Å²) in [5, 5.41) is 25.2. The Hall–Kier alpha value is -3.71. The zero-order chi connectivity index (χ0) is 23.7. The number of nitriles is 1. The number of carbonyl (C=O) groups excluding carboxylic acids is 1. The van der Waals surface area contributed by atoms with Crippen molar-refractivity contribution in [3.05, 3.63) is 62.0 Å². The van der Waals surface area contributed by atoms with Gasteiger partial charge in [0.15, 0.2) is 5.65 Å². The Labute approximate surface area is 195 Å². The number of nitro groups is 1. The third-order valence-electron chi connectivity index (χ3n) is 6.03. The Morgan fingerprint density at radius 3 is 2.67 bits per heavy atom. The van der Waals surface area contributed by atoms with Gasteiger partial charge in [0.1, 0.15) is 17.3 Å². The maximum Gasteiger partial charge on any atom is 0.294 e. The fourth-order valence-corrected chi connectivity index (χ4v) is 4.42. The molecule has 0 spiro atoms. The zero-order valence-corrected chi connectivity index (χ0v) is 19.0. The third kappa shape index (κ3) is 4.32. The number of fused-ring (bicyclic) bond motifs is 1. The maximum atomic E-state index is 12.9. The van der Waals surface area contributed by atoms with E-state index in [0.29, 0.717) is 60.9 Å². The molecule has 0 bridgehead atoms. The fraction of sp³-hybridized carbons (Fsp3) is 0.364. The van der Waals surface area contributed by atoms with E-state index in [1.165, 1.54) is 12.3 Å². The van der Waals surface area contributed by atoms with Crippen molar-refractivity contribution in [2.24, 2.45) is 0 Å². The molecule has 1 aliphatic rings. The second-order valence-electron chi connectivity index (χ2n) is 7.92. The molecule has 3 aromatic rings. The molecule has 1 fully saturated rings. The Kier molecular flexibility index (Phi) is 6.16. The monoisotopic (exact) mass is 467 g/mol. The first-order chi connectivity index (χ1) is 15.8. The van der Waals surface area contributed by atoms with Gasteiger partial charge in [0, 0.05) is 55.1 Å². The second-order valence-corrected chi connectivity index (χ2v) is 8.36. The molecule has 33 heavy (non-hydrogen) atoms. The van der Waals surface area contributed by atoms with E-state index in [9.17, 15) is 20.2 Å². The van der Waals surface area contributed by atoms with E-state index >= 15 is 0 Å². The van der Waals surface area contributed by atoms with Crippen LogP contribution in [0.4, 0.5) is 11.4 Å². The van der Waals surface area contributed by atoms with Gasteiger partial charge in [-0.2, -0.15) is 10.4 Å². The van der Waals surface area contributed by atoms with Gasteiger partial charge >= 0.3 is 0 Å². The van der Waals surface area contributed by atoms with Crippen LogP contribution >= 0.6 is 11.6 Å². The van der Waals surface area contributed by atoms with Gasteiger partial charge in [-0.3, -0.25) is 14.9 Å². The quantitative estimate of drug-likeness (QED) is 0.417. The summed E-state index contributed by atoms with van der Waals surface area (Å²) in [6, 6.07) is 6.73. The lowest BCUT2D eigenvalue weighted by molar-refractivity contribution is -0.384. The van der Waals surface area contributed by atoms with Crippen molar-refractivity contribution in [2.45, 2.75) is 26.7 Å². The number of hydrogen-bond donors (Lipinski definition) is 0. The van der Waals surface area contributed by atoms with Gasteiger partial charge in [-0.05, 0) is 38.0 Å². The lowest BCUT2D eigenvalue weighted by atomic mass is 10.1. The molecule has 4 rings (SSSR count). The topological polar surface area (TPSA) is 121 Å². The Morgan fingerprint density at radius 2 is 2.00 bits per heavy atom. The number of nitrogens with zero attached hydrogens (tertiary/aromatic N) is 7. The summed E-state index contributed by atoms with van der Waals surface area (Å²) < 4.78 is 1.64. The average Bonchev–Trinajstić information content (AvgIpc) is 3.21. The molecule has 0 atom stereocenters. The molecule has 0 unspecified atom stereocenters. The second kappa shape index (κ2) is 9.03. The number of halogens is 1. The summed E-state index contributed by atoms with van der Waals surface area (Å²) >= 11 is 5.91. The Balaban J connectivity index is 1.41. The van der Waals surface area contributed by atoms with Crippen LogP contribution in [-0.2, 0) is 11.2 Å². The summed E-state index contributed by atoms with van der Waals surface area (Å²) in [4.78, 5) is 32.0.